The Balaban J connectivity index is 1.86. The van der Waals surface area contributed by atoms with Crippen LogP contribution in [-0.2, 0) is 24.2 Å². The number of fused-ring (bicyclic) bond motifs is 3. The number of carbonyl (C=O) groups excluding carboxylic acids is 1. The van der Waals surface area contributed by atoms with E-state index in [0.29, 0.717) is 5.92 Å². The highest BCUT2D eigenvalue weighted by Gasteiger charge is 2.23. The van der Waals surface area contributed by atoms with Crippen LogP contribution in [0.4, 0.5) is 0 Å². The molecule has 0 radical (unpaired) electrons. The Morgan fingerprint density at radius 1 is 1.54 bits per heavy atom. The minimum absolute atomic E-state index is 0.0385. The average Bonchev–Trinajstić information content (AvgIpc) is 2.88. The molecule has 6 heteroatoms. The van der Waals surface area contributed by atoms with Gasteiger partial charge in [-0.05, 0) is 44.1 Å². The second-order valence-corrected chi connectivity index (χ2v) is 8.05. The number of hydrogen-bond acceptors (Lipinski definition) is 4. The highest BCUT2D eigenvalue weighted by Crippen LogP contribution is 2.35. The van der Waals surface area contributed by atoms with Gasteiger partial charge in [-0.1, -0.05) is 20.3 Å². The molecule has 3 rings (SSSR count). The molecular weight excluding hydrogens is 322 g/mol. The number of hydrogen-bond donors (Lipinski definition) is 1. The van der Waals surface area contributed by atoms with Gasteiger partial charge in [0.1, 0.15) is 11.4 Å². The van der Waals surface area contributed by atoms with E-state index in [0.717, 1.165) is 42.3 Å². The van der Waals surface area contributed by atoms with Crippen molar-refractivity contribution in [3.05, 3.63) is 27.1 Å². The molecule has 2 heterocycles. The van der Waals surface area contributed by atoms with E-state index in [9.17, 15) is 9.59 Å². The van der Waals surface area contributed by atoms with Crippen molar-refractivity contribution in [2.45, 2.75) is 65.5 Å². The molecule has 0 aliphatic heterocycles. The molecule has 1 aliphatic carbocycles. The summed E-state index contributed by atoms with van der Waals surface area (Å²) >= 11 is 1.64. The quantitative estimate of drug-likeness (QED) is 0.904. The molecule has 5 nitrogen and oxygen atoms in total. The molecule has 130 valence electrons. The van der Waals surface area contributed by atoms with E-state index in [1.807, 2.05) is 6.92 Å². The molecule has 0 aromatic carbocycles. The Hall–Kier alpha value is -1.69. The van der Waals surface area contributed by atoms with Gasteiger partial charge in [0.2, 0.25) is 5.91 Å². The average molecular weight is 347 g/mol. The highest BCUT2D eigenvalue weighted by molar-refractivity contribution is 7.18. The maximum absolute atomic E-state index is 12.8. The summed E-state index contributed by atoms with van der Waals surface area (Å²) in [5, 5.41) is 3.68. The van der Waals surface area contributed by atoms with E-state index >= 15 is 0 Å². The zero-order valence-corrected chi connectivity index (χ0v) is 15.4. The predicted octanol–water partition coefficient (Wildman–Crippen LogP) is 2.89. The maximum atomic E-state index is 12.8. The van der Waals surface area contributed by atoms with Gasteiger partial charge in [-0.15, -0.1) is 11.3 Å². The van der Waals surface area contributed by atoms with Crippen LogP contribution >= 0.6 is 11.3 Å². The summed E-state index contributed by atoms with van der Waals surface area (Å²) in [5.74, 6) is 0.538. The fourth-order valence-corrected chi connectivity index (χ4v) is 4.80. The van der Waals surface area contributed by atoms with Crippen molar-refractivity contribution in [3.63, 3.8) is 0 Å². The van der Waals surface area contributed by atoms with E-state index in [4.69, 9.17) is 0 Å². The van der Waals surface area contributed by atoms with E-state index in [-0.39, 0.29) is 24.1 Å². The SMILES string of the molecule is CCC[C@H](C)NC(=O)Cn1cnc2sc3c(c2c1=O)CC[C@H](C)C3. The molecule has 2 aromatic rings. The molecule has 0 unspecified atom stereocenters. The summed E-state index contributed by atoms with van der Waals surface area (Å²) in [6.45, 7) is 6.37. The molecule has 0 saturated carbocycles. The summed E-state index contributed by atoms with van der Waals surface area (Å²) in [6.07, 6.45) is 6.56. The zero-order valence-electron chi connectivity index (χ0n) is 14.6. The van der Waals surface area contributed by atoms with Crippen LogP contribution in [0.3, 0.4) is 0 Å². The fraction of sp³-hybridized carbons (Fsp3) is 0.611. The Kier molecular flexibility index (Phi) is 5.04. The van der Waals surface area contributed by atoms with Crippen molar-refractivity contribution in [2.24, 2.45) is 5.92 Å². The third kappa shape index (κ3) is 3.38. The summed E-state index contributed by atoms with van der Waals surface area (Å²) in [7, 11) is 0. The van der Waals surface area contributed by atoms with Crippen LogP contribution in [0.15, 0.2) is 11.1 Å². The number of nitrogens with one attached hydrogen (secondary N) is 1. The van der Waals surface area contributed by atoms with Crippen LogP contribution in [-0.4, -0.2) is 21.5 Å². The van der Waals surface area contributed by atoms with E-state index in [1.54, 1.807) is 11.3 Å². The second kappa shape index (κ2) is 7.05. The first kappa shape index (κ1) is 17.1. The Bertz CT molecular complexity index is 808. The molecule has 1 aliphatic rings. The lowest BCUT2D eigenvalue weighted by atomic mass is 9.89. The lowest BCUT2D eigenvalue weighted by molar-refractivity contribution is -0.122. The molecule has 0 bridgehead atoms. The molecule has 2 atom stereocenters. The van der Waals surface area contributed by atoms with Crippen molar-refractivity contribution < 1.29 is 4.79 Å². The number of thiophene rings is 1. The Morgan fingerprint density at radius 3 is 3.08 bits per heavy atom. The first-order valence-corrected chi connectivity index (χ1v) is 9.60. The van der Waals surface area contributed by atoms with E-state index < -0.39 is 0 Å². The summed E-state index contributed by atoms with van der Waals surface area (Å²) < 4.78 is 1.45. The number of rotatable bonds is 5. The minimum Gasteiger partial charge on any atom is -0.352 e. The molecule has 2 aromatic heterocycles. The van der Waals surface area contributed by atoms with Gasteiger partial charge in [0, 0.05) is 10.9 Å². The molecular formula is C18H25N3O2S. The molecule has 1 N–H and O–H groups in total. The lowest BCUT2D eigenvalue weighted by Gasteiger charge is -2.17. The zero-order chi connectivity index (χ0) is 17.3. The van der Waals surface area contributed by atoms with Gasteiger partial charge in [-0.25, -0.2) is 4.98 Å². The lowest BCUT2D eigenvalue weighted by Crippen LogP contribution is -2.37. The second-order valence-electron chi connectivity index (χ2n) is 6.97. The monoisotopic (exact) mass is 347 g/mol. The number of aromatic nitrogens is 2. The van der Waals surface area contributed by atoms with Crippen molar-refractivity contribution >= 4 is 27.5 Å². The first-order valence-electron chi connectivity index (χ1n) is 8.78. The Labute approximate surface area is 146 Å². The van der Waals surface area contributed by atoms with Crippen molar-refractivity contribution in [1.29, 1.82) is 0 Å². The fourth-order valence-electron chi connectivity index (χ4n) is 3.46. The molecule has 0 spiro atoms. The van der Waals surface area contributed by atoms with Crippen LogP contribution in [0.1, 0.15) is 50.5 Å². The summed E-state index contributed by atoms with van der Waals surface area (Å²) in [5.41, 5.74) is 1.09. The van der Waals surface area contributed by atoms with Gasteiger partial charge >= 0.3 is 0 Å². The first-order chi connectivity index (χ1) is 11.5. The number of nitrogens with zero attached hydrogens (tertiary/aromatic N) is 2. The van der Waals surface area contributed by atoms with Crippen LogP contribution in [0.2, 0.25) is 0 Å². The van der Waals surface area contributed by atoms with Gasteiger partial charge in [-0.2, -0.15) is 0 Å². The predicted molar refractivity (Wildman–Crippen MR) is 97.6 cm³/mol. The molecule has 1 amide bonds. The maximum Gasteiger partial charge on any atom is 0.262 e. The summed E-state index contributed by atoms with van der Waals surface area (Å²) in [6, 6.07) is 0.130. The normalized spacial score (nSPS) is 18.4. The summed E-state index contributed by atoms with van der Waals surface area (Å²) in [4.78, 5) is 31.6. The van der Waals surface area contributed by atoms with Gasteiger partial charge in [0.05, 0.1) is 11.7 Å². The van der Waals surface area contributed by atoms with Gasteiger partial charge < -0.3 is 5.32 Å². The number of carbonyl (C=O) groups is 1. The van der Waals surface area contributed by atoms with Crippen molar-refractivity contribution in [1.82, 2.24) is 14.9 Å². The number of aryl methyl sites for hydroxylation is 1. The van der Waals surface area contributed by atoms with E-state index in [1.165, 1.54) is 21.3 Å². The minimum atomic E-state index is -0.128. The van der Waals surface area contributed by atoms with Gasteiger partial charge in [0.25, 0.3) is 5.56 Å². The number of amides is 1. The Morgan fingerprint density at radius 2 is 2.33 bits per heavy atom. The molecule has 0 saturated heterocycles. The van der Waals surface area contributed by atoms with Crippen LogP contribution < -0.4 is 10.9 Å². The molecule has 0 fully saturated rings. The van der Waals surface area contributed by atoms with Crippen LogP contribution in [0.5, 0.6) is 0 Å². The topological polar surface area (TPSA) is 64.0 Å². The largest absolute Gasteiger partial charge is 0.352 e. The third-order valence-electron chi connectivity index (χ3n) is 4.73. The van der Waals surface area contributed by atoms with Gasteiger partial charge in [0.15, 0.2) is 0 Å². The van der Waals surface area contributed by atoms with Gasteiger partial charge in [-0.3, -0.25) is 14.2 Å². The molecule has 24 heavy (non-hydrogen) atoms. The van der Waals surface area contributed by atoms with E-state index in [2.05, 4.69) is 24.1 Å². The van der Waals surface area contributed by atoms with Crippen LogP contribution in [0, 0.1) is 5.92 Å². The highest BCUT2D eigenvalue weighted by atomic mass is 32.1. The third-order valence-corrected chi connectivity index (χ3v) is 5.89. The smallest absolute Gasteiger partial charge is 0.262 e. The van der Waals surface area contributed by atoms with Crippen molar-refractivity contribution in [3.8, 4) is 0 Å². The van der Waals surface area contributed by atoms with Crippen LogP contribution in [0.25, 0.3) is 10.2 Å². The van der Waals surface area contributed by atoms with Crippen molar-refractivity contribution in [2.75, 3.05) is 0 Å². The standard InChI is InChI=1S/C18H25N3O2S/c1-4-5-12(3)20-15(22)9-21-10-19-17-16(18(21)23)13-7-6-11(2)8-14(13)24-17/h10-12H,4-9H2,1-3H3,(H,20,22)/t11-,12-/m0/s1.